The van der Waals surface area contributed by atoms with E-state index in [4.69, 9.17) is 10.5 Å². The quantitative estimate of drug-likeness (QED) is 0.848. The Morgan fingerprint density at radius 1 is 1.33 bits per heavy atom. The number of primary amides is 1. The van der Waals surface area contributed by atoms with Crippen LogP contribution in [-0.2, 0) is 0 Å². The van der Waals surface area contributed by atoms with Crippen LogP contribution in [0, 0.1) is 0 Å². The number of rotatable bonds is 4. The average molecular weight is 244 g/mol. The van der Waals surface area contributed by atoms with Gasteiger partial charge in [0.05, 0.1) is 5.56 Å². The molecule has 1 aromatic heterocycles. The number of nitrogens with one attached hydrogen (secondary N) is 1. The smallest absolute Gasteiger partial charge is 0.252 e. The standard InChI is InChI=1S/C12H12N4O2/c1-14-10-6-11(16-7-15-10)18-9-5-3-2-4-8(9)12(13)17/h2-7H,1H3,(H2,13,17)(H,14,15,16). The summed E-state index contributed by atoms with van der Waals surface area (Å²) in [6.07, 6.45) is 1.37. The number of benzene rings is 1. The van der Waals surface area contributed by atoms with Crippen molar-refractivity contribution in [3.05, 3.63) is 42.2 Å². The molecule has 0 saturated carbocycles. The first kappa shape index (κ1) is 11.8. The van der Waals surface area contributed by atoms with Crippen LogP contribution in [0.15, 0.2) is 36.7 Å². The van der Waals surface area contributed by atoms with E-state index >= 15 is 0 Å². The zero-order valence-electron chi connectivity index (χ0n) is 9.75. The first-order valence-corrected chi connectivity index (χ1v) is 5.27. The van der Waals surface area contributed by atoms with Crippen LogP contribution < -0.4 is 15.8 Å². The molecule has 0 radical (unpaired) electrons. The summed E-state index contributed by atoms with van der Waals surface area (Å²) in [7, 11) is 1.74. The molecule has 6 heteroatoms. The minimum Gasteiger partial charge on any atom is -0.438 e. The molecular weight excluding hydrogens is 232 g/mol. The van der Waals surface area contributed by atoms with Gasteiger partial charge >= 0.3 is 0 Å². The zero-order chi connectivity index (χ0) is 13.0. The number of amides is 1. The Morgan fingerprint density at radius 2 is 2.11 bits per heavy atom. The second-order valence-electron chi connectivity index (χ2n) is 3.45. The van der Waals surface area contributed by atoms with E-state index in [2.05, 4.69) is 15.3 Å². The van der Waals surface area contributed by atoms with Gasteiger partial charge in [0.25, 0.3) is 5.91 Å². The van der Waals surface area contributed by atoms with Crippen molar-refractivity contribution in [1.29, 1.82) is 0 Å². The first-order chi connectivity index (χ1) is 8.70. The molecule has 2 rings (SSSR count). The van der Waals surface area contributed by atoms with Crippen molar-refractivity contribution in [2.75, 3.05) is 12.4 Å². The maximum absolute atomic E-state index is 11.2. The second kappa shape index (κ2) is 5.13. The summed E-state index contributed by atoms with van der Waals surface area (Å²) < 4.78 is 5.52. The van der Waals surface area contributed by atoms with Gasteiger partial charge in [0.15, 0.2) is 0 Å². The van der Waals surface area contributed by atoms with Crippen LogP contribution in [0.5, 0.6) is 11.6 Å². The lowest BCUT2D eigenvalue weighted by molar-refractivity contribution is 0.0998. The average Bonchev–Trinajstić information content (AvgIpc) is 2.39. The van der Waals surface area contributed by atoms with Crippen molar-refractivity contribution in [2.45, 2.75) is 0 Å². The Hall–Kier alpha value is -2.63. The van der Waals surface area contributed by atoms with E-state index < -0.39 is 5.91 Å². The third-order valence-electron chi connectivity index (χ3n) is 2.27. The van der Waals surface area contributed by atoms with E-state index in [1.165, 1.54) is 6.33 Å². The highest BCUT2D eigenvalue weighted by Crippen LogP contribution is 2.24. The van der Waals surface area contributed by atoms with Gasteiger partial charge in [-0.25, -0.2) is 9.97 Å². The minimum absolute atomic E-state index is 0.308. The lowest BCUT2D eigenvalue weighted by atomic mass is 10.2. The van der Waals surface area contributed by atoms with Gasteiger partial charge in [0.1, 0.15) is 17.9 Å². The maximum atomic E-state index is 11.2. The molecule has 0 fully saturated rings. The molecule has 1 heterocycles. The molecule has 0 aliphatic heterocycles. The molecule has 0 aliphatic carbocycles. The summed E-state index contributed by atoms with van der Waals surface area (Å²) in [4.78, 5) is 19.2. The molecule has 2 aromatic rings. The Balaban J connectivity index is 2.31. The van der Waals surface area contributed by atoms with Gasteiger partial charge in [0.2, 0.25) is 5.88 Å². The fourth-order valence-electron chi connectivity index (χ4n) is 1.40. The lowest BCUT2D eigenvalue weighted by Gasteiger charge is -2.08. The molecule has 0 spiro atoms. The topological polar surface area (TPSA) is 90.1 Å². The number of carbonyl (C=O) groups excluding carboxylic acids is 1. The van der Waals surface area contributed by atoms with Crippen LogP contribution in [0.3, 0.4) is 0 Å². The van der Waals surface area contributed by atoms with E-state index in [0.717, 1.165) is 0 Å². The maximum Gasteiger partial charge on any atom is 0.252 e. The number of nitrogens with zero attached hydrogens (tertiary/aromatic N) is 2. The summed E-state index contributed by atoms with van der Waals surface area (Å²) in [5.74, 6) is 0.777. The molecule has 1 aromatic carbocycles. The van der Waals surface area contributed by atoms with E-state index in [1.54, 1.807) is 37.4 Å². The number of carbonyl (C=O) groups is 1. The Kier molecular flexibility index (Phi) is 3.38. The number of anilines is 1. The molecule has 6 nitrogen and oxygen atoms in total. The molecule has 0 unspecified atom stereocenters. The normalized spacial score (nSPS) is 9.83. The van der Waals surface area contributed by atoms with Crippen LogP contribution in [0.25, 0.3) is 0 Å². The molecule has 18 heavy (non-hydrogen) atoms. The monoisotopic (exact) mass is 244 g/mol. The number of para-hydroxylation sites is 1. The van der Waals surface area contributed by atoms with E-state index in [0.29, 0.717) is 23.0 Å². The first-order valence-electron chi connectivity index (χ1n) is 5.27. The van der Waals surface area contributed by atoms with Crippen LogP contribution in [0.4, 0.5) is 5.82 Å². The van der Waals surface area contributed by atoms with Gasteiger partial charge in [-0.2, -0.15) is 0 Å². The largest absolute Gasteiger partial charge is 0.438 e. The molecule has 0 saturated heterocycles. The number of aromatic nitrogens is 2. The third kappa shape index (κ3) is 2.54. The Bertz CT molecular complexity index is 572. The third-order valence-corrected chi connectivity index (χ3v) is 2.27. The molecule has 3 N–H and O–H groups in total. The molecule has 0 atom stereocenters. The number of nitrogens with two attached hydrogens (primary N) is 1. The fraction of sp³-hybridized carbons (Fsp3) is 0.0833. The number of hydrogen-bond donors (Lipinski definition) is 2. The van der Waals surface area contributed by atoms with E-state index in [9.17, 15) is 4.79 Å². The molecule has 0 aliphatic rings. The minimum atomic E-state index is -0.548. The number of hydrogen-bond acceptors (Lipinski definition) is 5. The molecule has 0 bridgehead atoms. The lowest BCUT2D eigenvalue weighted by Crippen LogP contribution is -2.12. The highest BCUT2D eigenvalue weighted by atomic mass is 16.5. The molecular formula is C12H12N4O2. The van der Waals surface area contributed by atoms with Crippen LogP contribution in [0.2, 0.25) is 0 Å². The van der Waals surface area contributed by atoms with Gasteiger partial charge < -0.3 is 15.8 Å². The van der Waals surface area contributed by atoms with Crippen molar-refractivity contribution in [3.8, 4) is 11.6 Å². The van der Waals surface area contributed by atoms with Gasteiger partial charge in [0, 0.05) is 13.1 Å². The highest BCUT2D eigenvalue weighted by Gasteiger charge is 2.10. The summed E-state index contributed by atoms with van der Waals surface area (Å²) in [6, 6.07) is 8.34. The van der Waals surface area contributed by atoms with Crippen molar-refractivity contribution in [2.24, 2.45) is 5.73 Å². The van der Waals surface area contributed by atoms with Crippen molar-refractivity contribution in [1.82, 2.24) is 9.97 Å². The van der Waals surface area contributed by atoms with Crippen molar-refractivity contribution in [3.63, 3.8) is 0 Å². The van der Waals surface area contributed by atoms with Crippen molar-refractivity contribution >= 4 is 11.7 Å². The molecule has 92 valence electrons. The van der Waals surface area contributed by atoms with E-state index in [-0.39, 0.29) is 0 Å². The summed E-state index contributed by atoms with van der Waals surface area (Å²) in [5, 5.41) is 2.87. The Labute approximate surface area is 104 Å². The van der Waals surface area contributed by atoms with E-state index in [1.807, 2.05) is 0 Å². The summed E-state index contributed by atoms with van der Waals surface area (Å²) in [6.45, 7) is 0. The van der Waals surface area contributed by atoms with Gasteiger partial charge in [-0.05, 0) is 12.1 Å². The second-order valence-corrected chi connectivity index (χ2v) is 3.45. The van der Waals surface area contributed by atoms with Gasteiger partial charge in [-0.1, -0.05) is 12.1 Å². The van der Waals surface area contributed by atoms with Gasteiger partial charge in [-0.15, -0.1) is 0 Å². The molecule has 1 amide bonds. The highest BCUT2D eigenvalue weighted by molar-refractivity contribution is 5.95. The van der Waals surface area contributed by atoms with Crippen LogP contribution >= 0.6 is 0 Å². The fourth-order valence-corrected chi connectivity index (χ4v) is 1.40. The van der Waals surface area contributed by atoms with Gasteiger partial charge in [-0.3, -0.25) is 4.79 Å². The van der Waals surface area contributed by atoms with Crippen LogP contribution in [-0.4, -0.2) is 22.9 Å². The SMILES string of the molecule is CNc1cc(Oc2ccccc2C(N)=O)ncn1. The van der Waals surface area contributed by atoms with Crippen LogP contribution in [0.1, 0.15) is 10.4 Å². The summed E-state index contributed by atoms with van der Waals surface area (Å²) >= 11 is 0. The summed E-state index contributed by atoms with van der Waals surface area (Å²) in [5.41, 5.74) is 5.57. The number of ether oxygens (including phenoxy) is 1. The predicted molar refractivity (Wildman–Crippen MR) is 66.6 cm³/mol. The van der Waals surface area contributed by atoms with Crippen molar-refractivity contribution < 1.29 is 9.53 Å². The Morgan fingerprint density at radius 3 is 2.83 bits per heavy atom. The zero-order valence-corrected chi connectivity index (χ0v) is 9.75. The predicted octanol–water partition coefficient (Wildman–Crippen LogP) is 1.41.